The SMILES string of the molecule is NCCN(Cc1ccccc1)C(=O)Nc1cnns1. The molecule has 1 heterocycles. The second-order valence-electron chi connectivity index (χ2n) is 3.91. The molecule has 7 heteroatoms. The average molecular weight is 277 g/mol. The summed E-state index contributed by atoms with van der Waals surface area (Å²) in [5, 5.41) is 7.05. The zero-order valence-electron chi connectivity index (χ0n) is 10.3. The highest BCUT2D eigenvalue weighted by Gasteiger charge is 2.14. The molecule has 0 fully saturated rings. The molecule has 0 saturated heterocycles. The van der Waals surface area contributed by atoms with Gasteiger partial charge in [0.05, 0.1) is 6.20 Å². The number of anilines is 1. The molecule has 0 bridgehead atoms. The molecule has 2 rings (SSSR count). The van der Waals surface area contributed by atoms with Crippen molar-refractivity contribution >= 4 is 22.6 Å². The summed E-state index contributed by atoms with van der Waals surface area (Å²) in [4.78, 5) is 13.8. The average Bonchev–Trinajstić information content (AvgIpc) is 2.92. The van der Waals surface area contributed by atoms with E-state index in [4.69, 9.17) is 5.73 Å². The summed E-state index contributed by atoms with van der Waals surface area (Å²) < 4.78 is 3.70. The molecular formula is C12H15N5OS. The number of benzene rings is 1. The maximum atomic E-state index is 12.1. The highest BCUT2D eigenvalue weighted by molar-refractivity contribution is 7.10. The minimum Gasteiger partial charge on any atom is -0.329 e. The first-order chi connectivity index (χ1) is 9.29. The quantitative estimate of drug-likeness (QED) is 0.868. The van der Waals surface area contributed by atoms with Gasteiger partial charge in [0.1, 0.15) is 5.00 Å². The molecule has 19 heavy (non-hydrogen) atoms. The zero-order chi connectivity index (χ0) is 13.5. The Balaban J connectivity index is 2.00. The van der Waals surface area contributed by atoms with Gasteiger partial charge in [-0.15, -0.1) is 5.10 Å². The molecule has 0 unspecified atom stereocenters. The van der Waals surface area contributed by atoms with Crippen molar-refractivity contribution in [3.63, 3.8) is 0 Å². The van der Waals surface area contributed by atoms with Crippen molar-refractivity contribution in [2.45, 2.75) is 6.54 Å². The second kappa shape index (κ2) is 6.81. The number of aromatic nitrogens is 2. The molecular weight excluding hydrogens is 262 g/mol. The number of amides is 2. The minimum atomic E-state index is -0.194. The van der Waals surface area contributed by atoms with Gasteiger partial charge in [0.2, 0.25) is 0 Å². The fourth-order valence-corrected chi connectivity index (χ4v) is 2.03. The summed E-state index contributed by atoms with van der Waals surface area (Å²) in [6.45, 7) is 1.43. The predicted octanol–water partition coefficient (Wildman–Crippen LogP) is 1.53. The van der Waals surface area contributed by atoms with Crippen molar-refractivity contribution in [3.05, 3.63) is 42.1 Å². The van der Waals surface area contributed by atoms with Gasteiger partial charge in [-0.1, -0.05) is 34.8 Å². The lowest BCUT2D eigenvalue weighted by molar-refractivity contribution is 0.211. The van der Waals surface area contributed by atoms with Crippen molar-refractivity contribution in [1.29, 1.82) is 0 Å². The van der Waals surface area contributed by atoms with Crippen LogP contribution in [-0.4, -0.2) is 33.6 Å². The van der Waals surface area contributed by atoms with Gasteiger partial charge in [0.15, 0.2) is 0 Å². The molecule has 100 valence electrons. The number of hydrogen-bond donors (Lipinski definition) is 2. The van der Waals surface area contributed by atoms with E-state index in [-0.39, 0.29) is 6.03 Å². The normalized spacial score (nSPS) is 10.2. The van der Waals surface area contributed by atoms with Crippen LogP contribution >= 0.6 is 11.5 Å². The maximum absolute atomic E-state index is 12.1. The van der Waals surface area contributed by atoms with Crippen molar-refractivity contribution in [2.24, 2.45) is 5.73 Å². The van der Waals surface area contributed by atoms with Crippen LogP contribution in [0, 0.1) is 0 Å². The van der Waals surface area contributed by atoms with Gasteiger partial charge in [-0.3, -0.25) is 5.32 Å². The monoisotopic (exact) mass is 277 g/mol. The maximum Gasteiger partial charge on any atom is 0.322 e. The largest absolute Gasteiger partial charge is 0.329 e. The highest BCUT2D eigenvalue weighted by Crippen LogP contribution is 2.11. The fourth-order valence-electron chi connectivity index (χ4n) is 1.62. The number of hydrogen-bond acceptors (Lipinski definition) is 5. The molecule has 1 aromatic carbocycles. The smallest absolute Gasteiger partial charge is 0.322 e. The van der Waals surface area contributed by atoms with E-state index in [0.717, 1.165) is 17.1 Å². The number of carbonyl (C=O) groups is 1. The lowest BCUT2D eigenvalue weighted by atomic mass is 10.2. The number of nitrogens with one attached hydrogen (secondary N) is 1. The van der Waals surface area contributed by atoms with Crippen LogP contribution in [0.4, 0.5) is 9.80 Å². The predicted molar refractivity (Wildman–Crippen MR) is 74.8 cm³/mol. The number of urea groups is 1. The first-order valence-electron chi connectivity index (χ1n) is 5.87. The number of nitrogens with two attached hydrogens (primary N) is 1. The van der Waals surface area contributed by atoms with Gasteiger partial charge >= 0.3 is 6.03 Å². The van der Waals surface area contributed by atoms with E-state index in [1.807, 2.05) is 30.3 Å². The zero-order valence-corrected chi connectivity index (χ0v) is 11.1. The first-order valence-corrected chi connectivity index (χ1v) is 6.64. The third-order valence-corrected chi connectivity index (χ3v) is 3.07. The molecule has 1 aromatic heterocycles. The molecule has 0 aliphatic rings. The first kappa shape index (κ1) is 13.4. The van der Waals surface area contributed by atoms with Crippen molar-refractivity contribution in [1.82, 2.24) is 14.5 Å². The summed E-state index contributed by atoms with van der Waals surface area (Å²) in [7, 11) is 0. The van der Waals surface area contributed by atoms with Gasteiger partial charge in [-0.25, -0.2) is 4.79 Å². The Morgan fingerprint density at radius 2 is 2.16 bits per heavy atom. The standard InChI is InChI=1S/C12H15N5OS/c13-6-7-17(9-10-4-2-1-3-5-10)12(18)15-11-8-14-16-19-11/h1-5,8H,6-7,9,13H2,(H,15,18). The van der Waals surface area contributed by atoms with Gasteiger partial charge in [0, 0.05) is 31.2 Å². The van der Waals surface area contributed by atoms with Crippen molar-refractivity contribution < 1.29 is 4.79 Å². The molecule has 0 aliphatic heterocycles. The summed E-state index contributed by atoms with van der Waals surface area (Å²) in [5.74, 6) is 0. The number of carbonyl (C=O) groups excluding carboxylic acids is 1. The summed E-state index contributed by atoms with van der Waals surface area (Å²) >= 11 is 1.14. The molecule has 0 saturated carbocycles. The van der Waals surface area contributed by atoms with Crippen molar-refractivity contribution in [3.8, 4) is 0 Å². The van der Waals surface area contributed by atoms with E-state index in [2.05, 4.69) is 14.9 Å². The number of nitrogens with zero attached hydrogens (tertiary/aromatic N) is 3. The minimum absolute atomic E-state index is 0.194. The van der Waals surface area contributed by atoms with Crippen LogP contribution in [0.25, 0.3) is 0 Å². The van der Waals surface area contributed by atoms with Crippen LogP contribution in [0.15, 0.2) is 36.5 Å². The molecule has 0 radical (unpaired) electrons. The highest BCUT2D eigenvalue weighted by atomic mass is 32.1. The molecule has 0 aliphatic carbocycles. The lowest BCUT2D eigenvalue weighted by Crippen LogP contribution is -2.37. The van der Waals surface area contributed by atoms with Gasteiger partial charge in [0.25, 0.3) is 0 Å². The third-order valence-electron chi connectivity index (χ3n) is 2.49. The van der Waals surface area contributed by atoms with E-state index in [1.54, 1.807) is 4.90 Å². The summed E-state index contributed by atoms with van der Waals surface area (Å²) in [5.41, 5.74) is 6.61. The van der Waals surface area contributed by atoms with Crippen LogP contribution in [0.2, 0.25) is 0 Å². The summed E-state index contributed by atoms with van der Waals surface area (Å²) in [6.07, 6.45) is 1.52. The van der Waals surface area contributed by atoms with Gasteiger partial charge in [-0.2, -0.15) is 0 Å². The van der Waals surface area contributed by atoms with E-state index in [1.165, 1.54) is 6.20 Å². The lowest BCUT2D eigenvalue weighted by Gasteiger charge is -2.21. The fraction of sp³-hybridized carbons (Fsp3) is 0.250. The van der Waals surface area contributed by atoms with E-state index >= 15 is 0 Å². The Morgan fingerprint density at radius 3 is 2.79 bits per heavy atom. The molecule has 3 N–H and O–H groups in total. The topological polar surface area (TPSA) is 84.1 Å². The summed E-state index contributed by atoms with van der Waals surface area (Å²) in [6, 6.07) is 9.60. The van der Waals surface area contributed by atoms with Gasteiger partial charge in [-0.05, 0) is 5.56 Å². The van der Waals surface area contributed by atoms with Crippen LogP contribution < -0.4 is 11.1 Å². The number of rotatable bonds is 5. The Kier molecular flexibility index (Phi) is 4.82. The van der Waals surface area contributed by atoms with Crippen LogP contribution in [0.5, 0.6) is 0 Å². The Morgan fingerprint density at radius 1 is 1.37 bits per heavy atom. The van der Waals surface area contributed by atoms with Crippen LogP contribution in [0.1, 0.15) is 5.56 Å². The third kappa shape index (κ3) is 4.01. The van der Waals surface area contributed by atoms with E-state index in [9.17, 15) is 4.79 Å². The van der Waals surface area contributed by atoms with Crippen LogP contribution in [0.3, 0.4) is 0 Å². The van der Waals surface area contributed by atoms with E-state index in [0.29, 0.717) is 24.6 Å². The second-order valence-corrected chi connectivity index (χ2v) is 4.69. The Bertz CT molecular complexity index is 502. The Hall–Kier alpha value is -1.99. The molecule has 2 amide bonds. The molecule has 0 spiro atoms. The van der Waals surface area contributed by atoms with Gasteiger partial charge < -0.3 is 10.6 Å². The van der Waals surface area contributed by atoms with Crippen molar-refractivity contribution in [2.75, 3.05) is 18.4 Å². The van der Waals surface area contributed by atoms with Crippen LogP contribution in [-0.2, 0) is 6.54 Å². The molecule has 0 atom stereocenters. The molecule has 6 nitrogen and oxygen atoms in total. The molecule has 2 aromatic rings. The van der Waals surface area contributed by atoms with E-state index < -0.39 is 0 Å². The Labute approximate surface area is 115 Å².